The fourth-order valence-electron chi connectivity index (χ4n) is 3.42. The van der Waals surface area contributed by atoms with Gasteiger partial charge in [0.05, 0.1) is 10.5 Å². The molecule has 2 N–H and O–H groups in total. The van der Waals surface area contributed by atoms with Gasteiger partial charge < -0.3 is 0 Å². The third-order valence-electron chi connectivity index (χ3n) is 5.66. The van der Waals surface area contributed by atoms with Gasteiger partial charge in [-0.05, 0) is 65.2 Å². The topological polar surface area (TPSA) is 82.9 Å². The zero-order chi connectivity index (χ0) is 26.0. The van der Waals surface area contributed by atoms with Gasteiger partial charge in [-0.25, -0.2) is 10.9 Å². The number of hydrogen-bond donors (Lipinski definition) is 2. The van der Waals surface area contributed by atoms with Gasteiger partial charge in [0.25, 0.3) is 11.8 Å². The maximum Gasteiger partial charge on any atom is 0.252 e. The number of nitrogens with one attached hydrogen (secondary N) is 2. The molecule has 0 rings (SSSR count). The van der Waals surface area contributed by atoms with Crippen molar-refractivity contribution in [3.8, 4) is 0 Å². The van der Waals surface area contributed by atoms with Crippen LogP contribution in [0.15, 0.2) is 35.5 Å². The van der Waals surface area contributed by atoms with Crippen LogP contribution < -0.4 is 10.9 Å². The molecule has 0 saturated heterocycles. The molecule has 0 heterocycles. The molecule has 0 saturated carbocycles. The molecule has 0 aliphatic carbocycles. The molecule has 6 nitrogen and oxygen atoms in total. The number of carbonyl (C=O) groups excluding carboxylic acids is 2. The van der Waals surface area contributed by atoms with Crippen LogP contribution in [-0.4, -0.2) is 34.7 Å². The van der Waals surface area contributed by atoms with Crippen molar-refractivity contribution >= 4 is 36.0 Å². The molecule has 0 fully saturated rings. The number of amides is 2. The number of nitrogens with zero attached hydrogens (tertiary/aromatic N) is 2. The van der Waals surface area contributed by atoms with E-state index >= 15 is 0 Å². The quantitative estimate of drug-likeness (QED) is 0.0623. The van der Waals surface area contributed by atoms with E-state index in [-0.39, 0.29) is 22.3 Å². The highest BCUT2D eigenvalue weighted by molar-refractivity contribution is 8.01. The fourth-order valence-corrected chi connectivity index (χ4v) is 4.39. The summed E-state index contributed by atoms with van der Waals surface area (Å²) < 4.78 is 0. The highest BCUT2D eigenvalue weighted by Gasteiger charge is 2.21. The second kappa shape index (κ2) is 25.2. The van der Waals surface area contributed by atoms with Crippen LogP contribution in [0, 0.1) is 0 Å². The van der Waals surface area contributed by atoms with Crippen LogP contribution in [-0.2, 0) is 9.59 Å². The molecule has 200 valence electrons. The molecule has 2 atom stereocenters. The maximum absolute atomic E-state index is 12.2. The Kier molecular flexibility index (Phi) is 23.8. The molecule has 7 heteroatoms. The van der Waals surface area contributed by atoms with Crippen LogP contribution in [0.25, 0.3) is 0 Å². The average molecular weight is 507 g/mol. The van der Waals surface area contributed by atoms with Crippen LogP contribution in [0.3, 0.4) is 0 Å². The summed E-state index contributed by atoms with van der Waals surface area (Å²) in [7, 11) is 0. The van der Waals surface area contributed by atoms with Gasteiger partial charge in [-0.3, -0.25) is 9.59 Å². The van der Waals surface area contributed by atoms with Gasteiger partial charge >= 0.3 is 0 Å². The molecule has 0 aliphatic heterocycles. The number of rotatable bonds is 24. The lowest BCUT2D eigenvalue weighted by Crippen LogP contribution is -2.33. The first kappa shape index (κ1) is 33.1. The molecule has 0 unspecified atom stereocenters. The summed E-state index contributed by atoms with van der Waals surface area (Å²) in [6, 6.07) is 0. The van der Waals surface area contributed by atoms with Crippen molar-refractivity contribution in [2.24, 2.45) is 10.2 Å². The number of carbonyl (C=O) groups is 2. The molecular weight excluding hydrogens is 456 g/mol. The molecule has 35 heavy (non-hydrogen) atoms. The summed E-state index contributed by atoms with van der Waals surface area (Å²) in [5.74, 6) is -0.387. The minimum absolute atomic E-state index is 0.193. The van der Waals surface area contributed by atoms with Crippen molar-refractivity contribution < 1.29 is 9.59 Å². The largest absolute Gasteiger partial charge is 0.272 e. The molecular formula is C28H50N4O2S. The number of thioether (sulfide) groups is 1. The Labute approximate surface area is 218 Å². The Bertz CT molecular complexity index is 570. The number of hydrazone groups is 2. The first-order valence-corrected chi connectivity index (χ1v) is 14.5. The highest BCUT2D eigenvalue weighted by atomic mass is 32.2. The van der Waals surface area contributed by atoms with Crippen LogP contribution in [0.2, 0.25) is 0 Å². The molecule has 0 radical (unpaired) electrons. The summed E-state index contributed by atoms with van der Waals surface area (Å²) in [6.45, 7) is 11.1. The second-order valence-electron chi connectivity index (χ2n) is 8.97. The van der Waals surface area contributed by atoms with Crippen molar-refractivity contribution in [1.82, 2.24) is 10.9 Å². The molecule has 0 aromatic heterocycles. The molecule has 0 bridgehead atoms. The molecule has 0 spiro atoms. The van der Waals surface area contributed by atoms with E-state index in [1.807, 2.05) is 12.2 Å². The van der Waals surface area contributed by atoms with Crippen LogP contribution in [0.5, 0.6) is 0 Å². The van der Waals surface area contributed by atoms with Crippen LogP contribution in [0.1, 0.15) is 117 Å². The van der Waals surface area contributed by atoms with E-state index in [1.54, 1.807) is 26.3 Å². The predicted octanol–water partition coefficient (Wildman–Crippen LogP) is 7.31. The van der Waals surface area contributed by atoms with Crippen molar-refractivity contribution in [1.29, 1.82) is 0 Å². The van der Waals surface area contributed by atoms with E-state index in [2.05, 4.69) is 34.2 Å². The lowest BCUT2D eigenvalue weighted by atomic mass is 10.1. The average Bonchev–Trinajstić information content (AvgIpc) is 2.85. The molecule has 0 aromatic rings. The molecule has 2 amide bonds. The summed E-state index contributed by atoms with van der Waals surface area (Å²) in [5.41, 5.74) is 5.15. The zero-order valence-corrected chi connectivity index (χ0v) is 23.1. The molecule has 0 aromatic carbocycles. The van der Waals surface area contributed by atoms with Gasteiger partial charge in [-0.1, -0.05) is 63.5 Å². The zero-order valence-electron chi connectivity index (χ0n) is 22.3. The second-order valence-corrected chi connectivity index (χ2v) is 10.7. The van der Waals surface area contributed by atoms with Crippen molar-refractivity contribution in [3.63, 3.8) is 0 Å². The number of allylic oxidation sites excluding steroid dienone is 2. The summed E-state index contributed by atoms with van der Waals surface area (Å²) >= 11 is 1.30. The minimum atomic E-state index is -0.376. The van der Waals surface area contributed by atoms with E-state index in [0.717, 1.165) is 38.5 Å². The first-order chi connectivity index (χ1) is 17.0. The summed E-state index contributed by atoms with van der Waals surface area (Å²) in [5, 5.41) is 7.32. The van der Waals surface area contributed by atoms with Crippen molar-refractivity contribution in [2.75, 3.05) is 0 Å². The monoisotopic (exact) mass is 506 g/mol. The van der Waals surface area contributed by atoms with Crippen molar-refractivity contribution in [2.45, 2.75) is 127 Å². The summed E-state index contributed by atoms with van der Waals surface area (Å²) in [4.78, 5) is 24.4. The SMILES string of the molecule is C=CCCCCCCCC/C=N\NC(=O)[C@H](C)S[C@@H](C)C(=O)N/N=C\CCCCCCCCC=C. The van der Waals surface area contributed by atoms with E-state index in [9.17, 15) is 9.59 Å². The minimum Gasteiger partial charge on any atom is -0.272 e. The Morgan fingerprint density at radius 1 is 0.629 bits per heavy atom. The van der Waals surface area contributed by atoms with E-state index in [0.29, 0.717) is 0 Å². The normalized spacial score (nSPS) is 13.1. The van der Waals surface area contributed by atoms with E-state index < -0.39 is 0 Å². The Morgan fingerprint density at radius 2 is 0.943 bits per heavy atom. The predicted molar refractivity (Wildman–Crippen MR) is 154 cm³/mol. The fraction of sp³-hybridized carbons (Fsp3) is 0.714. The van der Waals surface area contributed by atoms with Crippen LogP contribution in [0.4, 0.5) is 0 Å². The van der Waals surface area contributed by atoms with Gasteiger partial charge in [-0.2, -0.15) is 10.2 Å². The third-order valence-corrected chi connectivity index (χ3v) is 6.91. The molecule has 0 aliphatic rings. The smallest absolute Gasteiger partial charge is 0.252 e. The van der Waals surface area contributed by atoms with E-state index in [1.165, 1.54) is 76.0 Å². The summed E-state index contributed by atoms with van der Waals surface area (Å²) in [6.07, 6.45) is 26.0. The lowest BCUT2D eigenvalue weighted by molar-refractivity contribution is -0.120. The Morgan fingerprint density at radius 3 is 1.29 bits per heavy atom. The lowest BCUT2D eigenvalue weighted by Gasteiger charge is -2.14. The number of hydrogen-bond acceptors (Lipinski definition) is 5. The van der Waals surface area contributed by atoms with Gasteiger partial charge in [-0.15, -0.1) is 24.9 Å². The first-order valence-electron chi connectivity index (χ1n) is 13.5. The van der Waals surface area contributed by atoms with Gasteiger partial charge in [0.15, 0.2) is 0 Å². The number of unbranched alkanes of at least 4 members (excludes halogenated alkanes) is 14. The Hall–Kier alpha value is -1.89. The van der Waals surface area contributed by atoms with Gasteiger partial charge in [0.1, 0.15) is 0 Å². The van der Waals surface area contributed by atoms with Crippen molar-refractivity contribution in [3.05, 3.63) is 25.3 Å². The third kappa shape index (κ3) is 22.3. The van der Waals surface area contributed by atoms with Gasteiger partial charge in [0.2, 0.25) is 0 Å². The standard InChI is InChI=1S/C28H50N4O2S/c1-5-7-9-11-13-15-17-19-21-23-29-31-27(33)25(3)35-26(4)28(34)32-30-24-22-20-18-16-14-12-10-8-6-2/h5-6,23-26H,1-2,7-22H2,3-4H3,(H,31,33)(H,32,34)/b29-23-,30-24-/t25-,26-/m0/s1. The van der Waals surface area contributed by atoms with Gasteiger partial charge in [0, 0.05) is 12.4 Å². The van der Waals surface area contributed by atoms with Crippen LogP contribution >= 0.6 is 11.8 Å². The highest BCUT2D eigenvalue weighted by Crippen LogP contribution is 2.18. The van der Waals surface area contributed by atoms with E-state index in [4.69, 9.17) is 0 Å². The Balaban J connectivity index is 3.79. The maximum atomic E-state index is 12.2.